The lowest BCUT2D eigenvalue weighted by Crippen LogP contribution is -2.29. The second-order valence-corrected chi connectivity index (χ2v) is 6.62. The van der Waals surface area contributed by atoms with Crippen LogP contribution < -0.4 is 5.73 Å². The number of rotatable bonds is 4. The Morgan fingerprint density at radius 2 is 1.74 bits per heavy atom. The summed E-state index contributed by atoms with van der Waals surface area (Å²) >= 11 is 0. The monoisotopic (exact) mass is 260 g/mol. The first-order valence-corrected chi connectivity index (χ1v) is 7.52. The largest absolute Gasteiger partial charge is 0.330 e. The number of piperidine rings is 1. The van der Waals surface area contributed by atoms with Crippen LogP contribution in [0.2, 0.25) is 0 Å². The molecule has 2 nitrogen and oxygen atoms in total. The highest BCUT2D eigenvalue weighted by molar-refractivity contribution is 5.30. The molecule has 0 amide bonds. The van der Waals surface area contributed by atoms with Gasteiger partial charge in [0.15, 0.2) is 0 Å². The van der Waals surface area contributed by atoms with Gasteiger partial charge in [-0.2, -0.15) is 0 Å². The van der Waals surface area contributed by atoms with Gasteiger partial charge in [-0.3, -0.25) is 0 Å². The lowest BCUT2D eigenvalue weighted by atomic mass is 9.80. The Morgan fingerprint density at radius 1 is 1.16 bits per heavy atom. The van der Waals surface area contributed by atoms with Crippen molar-refractivity contribution in [2.45, 2.75) is 44.4 Å². The van der Waals surface area contributed by atoms with Crippen molar-refractivity contribution in [2.75, 3.05) is 26.7 Å². The van der Waals surface area contributed by atoms with Crippen LogP contribution in [0.5, 0.6) is 0 Å². The standard InChI is InChI=1S/C17H28N2/c1-17(2,10-11-18)16-6-4-14(5-7-16)15-8-12-19(3)13-9-15/h4-7,15H,8-13,18H2,1-3H3. The highest BCUT2D eigenvalue weighted by Gasteiger charge is 2.21. The summed E-state index contributed by atoms with van der Waals surface area (Å²) in [6.45, 7) is 7.77. The maximum absolute atomic E-state index is 5.71. The summed E-state index contributed by atoms with van der Waals surface area (Å²) in [5.41, 5.74) is 8.83. The Balaban J connectivity index is 2.06. The van der Waals surface area contributed by atoms with Gasteiger partial charge >= 0.3 is 0 Å². The van der Waals surface area contributed by atoms with E-state index in [-0.39, 0.29) is 5.41 Å². The molecule has 0 unspecified atom stereocenters. The third-order valence-electron chi connectivity index (χ3n) is 4.65. The van der Waals surface area contributed by atoms with Gasteiger partial charge in [-0.05, 0) is 68.4 Å². The minimum atomic E-state index is 0.195. The smallest absolute Gasteiger partial charge is 0.00159 e. The van der Waals surface area contributed by atoms with Gasteiger partial charge in [-0.25, -0.2) is 0 Å². The minimum Gasteiger partial charge on any atom is -0.330 e. The van der Waals surface area contributed by atoms with Crippen molar-refractivity contribution >= 4 is 0 Å². The number of nitrogens with two attached hydrogens (primary N) is 1. The maximum atomic E-state index is 5.71. The van der Waals surface area contributed by atoms with E-state index < -0.39 is 0 Å². The van der Waals surface area contributed by atoms with Gasteiger partial charge in [-0.15, -0.1) is 0 Å². The Kier molecular flexibility index (Phi) is 4.64. The highest BCUT2D eigenvalue weighted by Crippen LogP contribution is 2.31. The maximum Gasteiger partial charge on any atom is -0.00159 e. The second kappa shape index (κ2) is 6.06. The molecule has 19 heavy (non-hydrogen) atoms. The zero-order chi connectivity index (χ0) is 13.9. The first kappa shape index (κ1) is 14.5. The van der Waals surface area contributed by atoms with E-state index in [0.29, 0.717) is 0 Å². The van der Waals surface area contributed by atoms with Gasteiger partial charge < -0.3 is 10.6 Å². The number of hydrogen-bond acceptors (Lipinski definition) is 2. The predicted octanol–water partition coefficient (Wildman–Crippen LogP) is 3.12. The Bertz CT molecular complexity index is 386. The Morgan fingerprint density at radius 3 is 2.26 bits per heavy atom. The lowest BCUT2D eigenvalue weighted by molar-refractivity contribution is 0.255. The van der Waals surface area contributed by atoms with E-state index in [4.69, 9.17) is 5.73 Å². The van der Waals surface area contributed by atoms with E-state index in [2.05, 4.69) is 50.1 Å². The van der Waals surface area contributed by atoms with Gasteiger partial charge in [-0.1, -0.05) is 38.1 Å². The highest BCUT2D eigenvalue weighted by atomic mass is 15.1. The number of likely N-dealkylation sites (tertiary alicyclic amines) is 1. The van der Waals surface area contributed by atoms with E-state index in [9.17, 15) is 0 Å². The summed E-state index contributed by atoms with van der Waals surface area (Å²) in [6.07, 6.45) is 3.63. The van der Waals surface area contributed by atoms with E-state index in [0.717, 1.165) is 18.9 Å². The fraction of sp³-hybridized carbons (Fsp3) is 0.647. The number of nitrogens with zero attached hydrogens (tertiary/aromatic N) is 1. The molecule has 2 N–H and O–H groups in total. The van der Waals surface area contributed by atoms with Crippen molar-refractivity contribution in [3.05, 3.63) is 35.4 Å². The van der Waals surface area contributed by atoms with E-state index in [1.165, 1.54) is 37.1 Å². The number of benzene rings is 1. The predicted molar refractivity (Wildman–Crippen MR) is 82.6 cm³/mol. The van der Waals surface area contributed by atoms with Crippen LogP contribution in [0.4, 0.5) is 0 Å². The van der Waals surface area contributed by atoms with Crippen molar-refractivity contribution in [3.8, 4) is 0 Å². The summed E-state index contributed by atoms with van der Waals surface area (Å²) in [4.78, 5) is 2.43. The molecule has 1 fully saturated rings. The molecule has 0 radical (unpaired) electrons. The van der Waals surface area contributed by atoms with Gasteiger partial charge in [0.2, 0.25) is 0 Å². The average Bonchev–Trinajstić information content (AvgIpc) is 2.40. The zero-order valence-corrected chi connectivity index (χ0v) is 12.7. The molecule has 2 heteroatoms. The molecule has 0 aromatic heterocycles. The van der Waals surface area contributed by atoms with Crippen molar-refractivity contribution in [2.24, 2.45) is 5.73 Å². The van der Waals surface area contributed by atoms with Gasteiger partial charge in [0.1, 0.15) is 0 Å². The summed E-state index contributed by atoms with van der Waals surface area (Å²) in [7, 11) is 2.22. The molecule has 1 saturated heterocycles. The Labute approximate surface area is 118 Å². The third-order valence-corrected chi connectivity index (χ3v) is 4.65. The molecule has 1 aromatic carbocycles. The molecule has 1 aliphatic heterocycles. The van der Waals surface area contributed by atoms with Crippen LogP contribution in [0.1, 0.15) is 50.2 Å². The normalized spacial score (nSPS) is 18.7. The fourth-order valence-corrected chi connectivity index (χ4v) is 3.05. The molecule has 1 aromatic rings. The fourth-order valence-electron chi connectivity index (χ4n) is 3.05. The molecule has 0 atom stereocenters. The second-order valence-electron chi connectivity index (χ2n) is 6.62. The van der Waals surface area contributed by atoms with Crippen molar-refractivity contribution < 1.29 is 0 Å². The summed E-state index contributed by atoms with van der Waals surface area (Å²) in [5, 5.41) is 0. The van der Waals surface area contributed by atoms with E-state index in [1.807, 2.05) is 0 Å². The van der Waals surface area contributed by atoms with Crippen LogP contribution in [0.15, 0.2) is 24.3 Å². The molecular formula is C17H28N2. The number of hydrogen-bond donors (Lipinski definition) is 1. The molecule has 0 bridgehead atoms. The average molecular weight is 260 g/mol. The molecule has 0 aliphatic carbocycles. The quantitative estimate of drug-likeness (QED) is 0.901. The molecular weight excluding hydrogens is 232 g/mol. The first-order valence-electron chi connectivity index (χ1n) is 7.52. The van der Waals surface area contributed by atoms with Crippen LogP contribution in [0.3, 0.4) is 0 Å². The topological polar surface area (TPSA) is 29.3 Å². The first-order chi connectivity index (χ1) is 9.03. The van der Waals surface area contributed by atoms with Crippen LogP contribution in [-0.2, 0) is 5.41 Å². The third kappa shape index (κ3) is 3.58. The molecule has 2 rings (SSSR count). The molecule has 1 heterocycles. The zero-order valence-electron chi connectivity index (χ0n) is 12.7. The van der Waals surface area contributed by atoms with Crippen LogP contribution in [0, 0.1) is 0 Å². The van der Waals surface area contributed by atoms with Gasteiger partial charge in [0.05, 0.1) is 0 Å². The van der Waals surface area contributed by atoms with Crippen LogP contribution in [0.25, 0.3) is 0 Å². The van der Waals surface area contributed by atoms with Crippen LogP contribution >= 0.6 is 0 Å². The van der Waals surface area contributed by atoms with E-state index >= 15 is 0 Å². The van der Waals surface area contributed by atoms with Crippen molar-refractivity contribution in [1.29, 1.82) is 0 Å². The molecule has 1 aliphatic rings. The van der Waals surface area contributed by atoms with E-state index in [1.54, 1.807) is 0 Å². The summed E-state index contributed by atoms with van der Waals surface area (Å²) < 4.78 is 0. The molecule has 106 valence electrons. The van der Waals surface area contributed by atoms with Gasteiger partial charge in [0, 0.05) is 0 Å². The minimum absolute atomic E-state index is 0.195. The molecule has 0 spiro atoms. The van der Waals surface area contributed by atoms with Crippen molar-refractivity contribution in [3.63, 3.8) is 0 Å². The Hall–Kier alpha value is -0.860. The lowest BCUT2D eigenvalue weighted by Gasteiger charge is -2.30. The molecule has 0 saturated carbocycles. The summed E-state index contributed by atoms with van der Waals surface area (Å²) in [6, 6.07) is 9.29. The summed E-state index contributed by atoms with van der Waals surface area (Å²) in [5.74, 6) is 0.753. The van der Waals surface area contributed by atoms with Gasteiger partial charge in [0.25, 0.3) is 0 Å². The van der Waals surface area contributed by atoms with Crippen LogP contribution in [-0.4, -0.2) is 31.6 Å². The van der Waals surface area contributed by atoms with Crippen molar-refractivity contribution in [1.82, 2.24) is 4.90 Å². The SMILES string of the molecule is CN1CCC(c2ccc(C(C)(C)CCN)cc2)CC1.